The van der Waals surface area contributed by atoms with E-state index in [4.69, 9.17) is 4.52 Å². The quantitative estimate of drug-likeness (QED) is 0.247. The van der Waals surface area contributed by atoms with E-state index in [2.05, 4.69) is 10.3 Å². The molecule has 0 spiro atoms. The van der Waals surface area contributed by atoms with Gasteiger partial charge in [-0.25, -0.2) is 9.79 Å². The molecule has 0 atom stereocenters. The summed E-state index contributed by atoms with van der Waals surface area (Å²) in [4.78, 5) is 44.9. The molecule has 1 aromatic heterocycles. The number of aryl methyl sites for hydroxylation is 1. The van der Waals surface area contributed by atoms with Crippen LogP contribution in [0.3, 0.4) is 0 Å². The summed E-state index contributed by atoms with van der Waals surface area (Å²) in [6.45, 7) is 1.96. The third-order valence-corrected chi connectivity index (χ3v) is 6.52. The number of benzene rings is 3. The van der Waals surface area contributed by atoms with Crippen molar-refractivity contribution >= 4 is 40.4 Å². The van der Waals surface area contributed by atoms with Crippen molar-refractivity contribution in [1.29, 1.82) is 0 Å². The highest BCUT2D eigenvalue weighted by Gasteiger charge is 2.35. The molecular formula is C27H21N4O4S+. The molecule has 1 amide bonds. The summed E-state index contributed by atoms with van der Waals surface area (Å²) in [5, 5.41) is 2.83. The molecule has 8 nitrogen and oxygen atoms in total. The van der Waals surface area contributed by atoms with Crippen molar-refractivity contribution in [2.75, 3.05) is 10.7 Å². The van der Waals surface area contributed by atoms with Crippen LogP contribution in [0.25, 0.3) is 11.8 Å². The zero-order valence-corrected chi connectivity index (χ0v) is 20.1. The number of thioether (sulfide) groups is 1. The molecule has 0 aliphatic carbocycles. The van der Waals surface area contributed by atoms with Crippen LogP contribution in [-0.2, 0) is 4.79 Å². The summed E-state index contributed by atoms with van der Waals surface area (Å²) >= 11 is 1.09. The summed E-state index contributed by atoms with van der Waals surface area (Å²) in [5.41, 5.74) is 2.47. The molecule has 0 radical (unpaired) electrons. The second-order valence-corrected chi connectivity index (χ2v) is 8.91. The number of nitrogens with zero attached hydrogens (tertiary/aromatic N) is 3. The van der Waals surface area contributed by atoms with Crippen molar-refractivity contribution in [3.63, 3.8) is 0 Å². The lowest BCUT2D eigenvalue weighted by atomic mass is 10.1. The molecule has 0 bridgehead atoms. The van der Waals surface area contributed by atoms with Crippen LogP contribution < -0.4 is 15.2 Å². The number of rotatable bonds is 6. The number of carbonyl (C=O) groups is 2. The van der Waals surface area contributed by atoms with Gasteiger partial charge < -0.3 is 0 Å². The first-order chi connectivity index (χ1) is 17.5. The zero-order valence-electron chi connectivity index (χ0n) is 19.3. The largest absolute Gasteiger partial charge is 0.438 e. The van der Waals surface area contributed by atoms with Crippen molar-refractivity contribution in [1.82, 2.24) is 5.27 Å². The first-order valence-electron chi connectivity index (χ1n) is 11.1. The van der Waals surface area contributed by atoms with E-state index in [0.717, 1.165) is 22.9 Å². The number of amides is 1. The second-order valence-electron chi connectivity index (χ2n) is 7.97. The molecule has 9 heteroatoms. The molecule has 1 aliphatic heterocycles. The van der Waals surface area contributed by atoms with E-state index in [1.807, 2.05) is 55.5 Å². The molecule has 5 rings (SSSR count). The van der Waals surface area contributed by atoms with Gasteiger partial charge in [0.15, 0.2) is 5.17 Å². The summed E-state index contributed by atoms with van der Waals surface area (Å²) in [5.74, 6) is -0.874. The van der Waals surface area contributed by atoms with Gasteiger partial charge in [-0.2, -0.15) is 0 Å². The summed E-state index contributed by atoms with van der Waals surface area (Å²) in [7, 11) is 0. The van der Waals surface area contributed by atoms with E-state index < -0.39 is 11.4 Å². The minimum Gasteiger partial charge on any atom is -0.286 e. The van der Waals surface area contributed by atoms with Gasteiger partial charge in [0.2, 0.25) is 11.5 Å². The van der Waals surface area contributed by atoms with E-state index in [0.29, 0.717) is 16.5 Å². The number of para-hydroxylation sites is 2. The number of aromatic nitrogens is 2. The van der Waals surface area contributed by atoms with Crippen LogP contribution >= 0.6 is 11.8 Å². The number of anilines is 1. The Morgan fingerprint density at radius 3 is 2.39 bits per heavy atom. The molecule has 1 N–H and O–H groups in total. The number of ketones is 1. The maximum atomic E-state index is 13.4. The van der Waals surface area contributed by atoms with Crippen molar-refractivity contribution in [3.8, 4) is 5.69 Å². The Labute approximate surface area is 210 Å². The monoisotopic (exact) mass is 497 g/mol. The number of aromatic amines is 1. The van der Waals surface area contributed by atoms with Gasteiger partial charge in [0.25, 0.3) is 5.91 Å². The van der Waals surface area contributed by atoms with Crippen molar-refractivity contribution in [3.05, 3.63) is 118 Å². The highest BCUT2D eigenvalue weighted by molar-refractivity contribution is 8.14. The first kappa shape index (κ1) is 23.3. The minimum absolute atomic E-state index is 0.122. The van der Waals surface area contributed by atoms with E-state index in [-0.39, 0.29) is 23.1 Å². The standard InChI is InChI=1S/C27H20N4O4S/c1-18-10-8-9-11-19(18)16-22-25(33)30(20-12-4-2-5-13-20)27(28-22)36-17-23(32)24-26(34)35-29-31(24)21-14-6-3-7-15-21/h2-16H,17H2,1H3/p+1/b22-16+. The molecule has 3 aromatic carbocycles. The van der Waals surface area contributed by atoms with Gasteiger partial charge in [0, 0.05) is 12.1 Å². The molecular weight excluding hydrogens is 476 g/mol. The second kappa shape index (κ2) is 10.0. The molecule has 4 aromatic rings. The average Bonchev–Trinajstić information content (AvgIpc) is 3.44. The number of carbonyl (C=O) groups excluding carboxylic acids is 2. The van der Waals surface area contributed by atoms with Crippen molar-refractivity contribution < 1.29 is 18.8 Å². The lowest BCUT2D eigenvalue weighted by Gasteiger charge is -2.17. The maximum absolute atomic E-state index is 13.4. The van der Waals surface area contributed by atoms with Crippen molar-refractivity contribution in [2.45, 2.75) is 6.92 Å². The first-order valence-corrected chi connectivity index (χ1v) is 12.1. The molecule has 0 saturated carbocycles. The van der Waals surface area contributed by atoms with Crippen LogP contribution in [0.15, 0.2) is 105 Å². The van der Waals surface area contributed by atoms with Crippen LogP contribution in [0.4, 0.5) is 5.69 Å². The predicted octanol–water partition coefficient (Wildman–Crippen LogP) is 3.91. The number of Topliss-reactive ketones (excluding diaryl/α,β-unsaturated/α-hetero) is 1. The van der Waals surface area contributed by atoms with E-state index in [1.54, 1.807) is 42.5 Å². The van der Waals surface area contributed by atoms with E-state index in [9.17, 15) is 14.4 Å². The molecule has 0 unspecified atom stereocenters. The number of hydrogen-bond donors (Lipinski definition) is 1. The van der Waals surface area contributed by atoms with Crippen LogP contribution in [-0.4, -0.2) is 27.9 Å². The molecule has 2 heterocycles. The highest BCUT2D eigenvalue weighted by atomic mass is 32.2. The Balaban J connectivity index is 1.45. The summed E-state index contributed by atoms with van der Waals surface area (Å²) in [6, 6.07) is 25.7. The Bertz CT molecular complexity index is 1560. The van der Waals surface area contributed by atoms with Gasteiger partial charge in [-0.1, -0.05) is 72.4 Å². The topological polar surface area (TPSA) is 99.6 Å². The van der Waals surface area contributed by atoms with Crippen LogP contribution in [0.2, 0.25) is 0 Å². The SMILES string of the molecule is Cc1ccccc1/C=C1/N=C(SCC(=O)c2c(=O)o[nH][n+]2-c2ccccc2)N(c2ccccc2)C1=O. The van der Waals surface area contributed by atoms with Gasteiger partial charge in [-0.15, -0.1) is 0 Å². The number of H-pyrrole nitrogens is 1. The number of hydrogen-bond acceptors (Lipinski definition) is 6. The Kier molecular flexibility index (Phi) is 6.46. The normalized spacial score (nSPS) is 14.4. The fourth-order valence-electron chi connectivity index (χ4n) is 3.76. The van der Waals surface area contributed by atoms with E-state index >= 15 is 0 Å². The smallest absolute Gasteiger partial charge is 0.286 e. The minimum atomic E-state index is -0.769. The Morgan fingerprint density at radius 1 is 1.00 bits per heavy atom. The number of amidine groups is 1. The van der Waals surface area contributed by atoms with Crippen molar-refractivity contribution in [2.24, 2.45) is 4.99 Å². The maximum Gasteiger partial charge on any atom is 0.438 e. The van der Waals surface area contributed by atoms with Gasteiger partial charge in [-0.3, -0.25) is 19.0 Å². The Hall–Kier alpha value is -4.50. The van der Waals surface area contributed by atoms with Gasteiger partial charge in [0.1, 0.15) is 5.70 Å². The fraction of sp³-hybridized carbons (Fsp3) is 0.0741. The third-order valence-electron chi connectivity index (χ3n) is 5.58. The van der Waals surface area contributed by atoms with Gasteiger partial charge >= 0.3 is 11.3 Å². The summed E-state index contributed by atoms with van der Waals surface area (Å²) < 4.78 is 6.20. The molecule has 1 aliphatic rings. The Morgan fingerprint density at radius 2 is 1.67 bits per heavy atom. The lowest BCUT2D eigenvalue weighted by molar-refractivity contribution is -0.672. The average molecular weight is 498 g/mol. The molecule has 36 heavy (non-hydrogen) atoms. The lowest BCUT2D eigenvalue weighted by Crippen LogP contribution is -2.41. The van der Waals surface area contributed by atoms with Crippen LogP contribution in [0.5, 0.6) is 0 Å². The fourth-order valence-corrected chi connectivity index (χ4v) is 4.64. The third kappa shape index (κ3) is 4.56. The van der Waals surface area contributed by atoms with Crippen LogP contribution in [0.1, 0.15) is 21.6 Å². The molecule has 0 saturated heterocycles. The predicted molar refractivity (Wildman–Crippen MR) is 138 cm³/mol. The molecule has 178 valence electrons. The zero-order chi connectivity index (χ0) is 25.1. The molecule has 0 fully saturated rings. The number of nitrogens with one attached hydrogen (secondary N) is 1. The van der Waals surface area contributed by atoms with Gasteiger partial charge in [0.05, 0.1) is 11.4 Å². The number of aliphatic imine (C=N–C) groups is 1. The van der Waals surface area contributed by atoms with E-state index in [1.165, 1.54) is 9.58 Å². The highest BCUT2D eigenvalue weighted by Crippen LogP contribution is 2.29. The van der Waals surface area contributed by atoms with Gasteiger partial charge in [-0.05, 0) is 46.2 Å². The van der Waals surface area contributed by atoms with Crippen LogP contribution in [0, 0.1) is 6.92 Å². The summed E-state index contributed by atoms with van der Waals surface area (Å²) in [6.07, 6.45) is 1.74.